The molecule has 0 amide bonds. The molecule has 0 fully saturated rings. The van der Waals surface area contributed by atoms with E-state index >= 15 is 0 Å². The smallest absolute Gasteiger partial charge is 1.00 e. The van der Waals surface area contributed by atoms with Gasteiger partial charge in [-0.05, 0) is 42.5 Å². The van der Waals surface area contributed by atoms with E-state index in [0.717, 1.165) is 30.6 Å². The average molecular weight is 358 g/mol. The van der Waals surface area contributed by atoms with Crippen LogP contribution in [0.15, 0.2) is 54.6 Å². The third-order valence-corrected chi connectivity index (χ3v) is 4.34. The van der Waals surface area contributed by atoms with Crippen LogP contribution < -0.4 is 34.3 Å². The standard InChI is InChI=1S/C18H22O4S.Na.H/c19-23(20,21)14-6-2-5-7-16-10-12-18(13-11-16)22-15-17-8-3-1-4-9-17;;/h1,3-4,8-13H,2,5-7,14-15H2,(H,19,20,21);;/q;+1;-1. The first kappa shape index (κ1) is 21.2. The molecule has 1 N–H and O–H groups in total. The minimum absolute atomic E-state index is 0. The van der Waals surface area contributed by atoms with Crippen molar-refractivity contribution in [2.24, 2.45) is 0 Å². The summed E-state index contributed by atoms with van der Waals surface area (Å²) in [5.74, 6) is 0.684. The van der Waals surface area contributed by atoms with E-state index in [0.29, 0.717) is 13.0 Å². The van der Waals surface area contributed by atoms with E-state index in [9.17, 15) is 8.42 Å². The topological polar surface area (TPSA) is 63.6 Å². The molecule has 24 heavy (non-hydrogen) atoms. The molecule has 0 aliphatic heterocycles. The third kappa shape index (κ3) is 8.85. The Morgan fingerprint density at radius 3 is 2.17 bits per heavy atom. The maximum Gasteiger partial charge on any atom is 1.00 e. The normalized spacial score (nSPS) is 10.9. The van der Waals surface area contributed by atoms with Crippen LogP contribution >= 0.6 is 0 Å². The van der Waals surface area contributed by atoms with Gasteiger partial charge in [-0.25, -0.2) is 0 Å². The Kier molecular flexibility index (Phi) is 9.63. The zero-order chi connectivity index (χ0) is 16.5. The molecule has 0 heterocycles. The van der Waals surface area contributed by atoms with Crippen LogP contribution in [0.2, 0.25) is 0 Å². The van der Waals surface area contributed by atoms with Crippen molar-refractivity contribution in [2.45, 2.75) is 32.3 Å². The first-order chi connectivity index (χ1) is 11.0. The van der Waals surface area contributed by atoms with E-state index in [-0.39, 0.29) is 36.7 Å². The second-order valence-corrected chi connectivity index (χ2v) is 7.09. The van der Waals surface area contributed by atoms with Crippen LogP contribution in [-0.2, 0) is 23.1 Å². The Labute approximate surface area is 167 Å². The van der Waals surface area contributed by atoms with E-state index in [4.69, 9.17) is 9.29 Å². The van der Waals surface area contributed by atoms with Crippen molar-refractivity contribution in [3.63, 3.8) is 0 Å². The summed E-state index contributed by atoms with van der Waals surface area (Å²) in [5.41, 5.74) is 2.33. The van der Waals surface area contributed by atoms with Gasteiger partial charge in [-0.3, -0.25) is 4.55 Å². The maximum absolute atomic E-state index is 10.6. The molecule has 0 aromatic heterocycles. The molecule has 0 atom stereocenters. The Hall–Kier alpha value is -0.850. The van der Waals surface area contributed by atoms with E-state index in [2.05, 4.69) is 0 Å². The van der Waals surface area contributed by atoms with Gasteiger partial charge in [-0.1, -0.05) is 48.9 Å². The molecule has 0 aliphatic rings. The summed E-state index contributed by atoms with van der Waals surface area (Å²) in [5, 5.41) is 0. The molecule has 0 unspecified atom stereocenters. The van der Waals surface area contributed by atoms with Gasteiger partial charge in [0.1, 0.15) is 12.4 Å². The molecular weight excluding hydrogens is 335 g/mol. The molecule has 0 aliphatic carbocycles. The predicted octanol–water partition coefficient (Wildman–Crippen LogP) is 0.983. The van der Waals surface area contributed by atoms with Gasteiger partial charge in [0.05, 0.1) is 5.75 Å². The van der Waals surface area contributed by atoms with Crippen molar-refractivity contribution in [2.75, 3.05) is 5.75 Å². The maximum atomic E-state index is 10.6. The minimum Gasteiger partial charge on any atom is -1.00 e. The first-order valence-corrected chi connectivity index (χ1v) is 9.35. The van der Waals surface area contributed by atoms with Gasteiger partial charge in [-0.15, -0.1) is 0 Å². The summed E-state index contributed by atoms with van der Waals surface area (Å²) >= 11 is 0. The molecule has 2 aromatic carbocycles. The van der Waals surface area contributed by atoms with Crippen molar-refractivity contribution < 1.29 is 48.7 Å². The van der Waals surface area contributed by atoms with Crippen molar-refractivity contribution in [1.29, 1.82) is 0 Å². The number of rotatable bonds is 9. The third-order valence-electron chi connectivity index (χ3n) is 3.54. The van der Waals surface area contributed by atoms with Crippen molar-refractivity contribution in [3.05, 3.63) is 65.7 Å². The molecule has 126 valence electrons. The molecule has 0 spiro atoms. The largest absolute Gasteiger partial charge is 1.00 e. The van der Waals surface area contributed by atoms with E-state index in [1.807, 2.05) is 54.6 Å². The molecule has 0 saturated heterocycles. The summed E-state index contributed by atoms with van der Waals surface area (Å²) in [6, 6.07) is 18.0. The zero-order valence-corrected chi connectivity index (χ0v) is 16.8. The predicted molar refractivity (Wildman–Crippen MR) is 92.3 cm³/mol. The number of unbranched alkanes of at least 4 members (excludes halogenated alkanes) is 2. The molecule has 0 bridgehead atoms. The van der Waals surface area contributed by atoms with Crippen molar-refractivity contribution in [1.82, 2.24) is 0 Å². The fraction of sp³-hybridized carbons (Fsp3) is 0.333. The van der Waals surface area contributed by atoms with Crippen LogP contribution in [0.3, 0.4) is 0 Å². The molecule has 0 saturated carbocycles. The number of hydrogen-bond donors (Lipinski definition) is 1. The van der Waals surface area contributed by atoms with E-state index in [1.54, 1.807) is 0 Å². The second kappa shape index (κ2) is 10.9. The van der Waals surface area contributed by atoms with Gasteiger partial charge in [0.25, 0.3) is 10.1 Å². The zero-order valence-electron chi connectivity index (χ0n) is 15.0. The quantitative estimate of drug-likeness (QED) is 0.412. The summed E-state index contributed by atoms with van der Waals surface area (Å²) < 4.78 is 35.6. The molecule has 4 nitrogen and oxygen atoms in total. The van der Waals surface area contributed by atoms with E-state index in [1.165, 1.54) is 5.56 Å². The molecular formula is C18H23NaO4S. The first-order valence-electron chi connectivity index (χ1n) is 7.74. The van der Waals surface area contributed by atoms with Crippen molar-refractivity contribution >= 4 is 10.1 Å². The molecule has 2 rings (SSSR count). The Bertz CT molecular complexity index is 691. The Balaban J connectivity index is 0.00000288. The summed E-state index contributed by atoms with van der Waals surface area (Å²) in [6.45, 7) is 0.551. The van der Waals surface area contributed by atoms with Crippen LogP contribution in [0.25, 0.3) is 0 Å². The fourth-order valence-corrected chi connectivity index (χ4v) is 2.85. The van der Waals surface area contributed by atoms with E-state index < -0.39 is 10.1 Å². The van der Waals surface area contributed by atoms with Crippen molar-refractivity contribution in [3.8, 4) is 5.75 Å². The van der Waals surface area contributed by atoms with Crippen LogP contribution in [0.5, 0.6) is 5.75 Å². The molecule has 6 heteroatoms. The Morgan fingerprint density at radius 1 is 0.875 bits per heavy atom. The number of ether oxygens (including phenoxy) is 1. The molecule has 2 aromatic rings. The number of hydrogen-bond acceptors (Lipinski definition) is 3. The number of benzene rings is 2. The second-order valence-electron chi connectivity index (χ2n) is 5.51. The van der Waals surface area contributed by atoms with Gasteiger partial charge < -0.3 is 6.16 Å². The van der Waals surface area contributed by atoms with Gasteiger partial charge in [0, 0.05) is 0 Å². The van der Waals surface area contributed by atoms with Crippen LogP contribution in [-0.4, -0.2) is 18.7 Å². The molecule has 0 radical (unpaired) electrons. The van der Waals surface area contributed by atoms with Gasteiger partial charge in [0.2, 0.25) is 0 Å². The minimum atomic E-state index is -3.82. The van der Waals surface area contributed by atoms with Crippen LogP contribution in [0.4, 0.5) is 0 Å². The van der Waals surface area contributed by atoms with Gasteiger partial charge in [-0.2, -0.15) is 8.42 Å². The van der Waals surface area contributed by atoms with Crippen LogP contribution in [0.1, 0.15) is 31.8 Å². The average Bonchev–Trinajstić information content (AvgIpc) is 2.54. The Morgan fingerprint density at radius 2 is 1.54 bits per heavy atom. The monoisotopic (exact) mass is 358 g/mol. The number of aryl methyl sites for hydroxylation is 1. The fourth-order valence-electron chi connectivity index (χ4n) is 2.28. The summed E-state index contributed by atoms with van der Waals surface area (Å²) in [6.07, 6.45) is 3.08. The van der Waals surface area contributed by atoms with Gasteiger partial charge >= 0.3 is 29.6 Å². The van der Waals surface area contributed by atoms with Crippen LogP contribution in [0, 0.1) is 0 Å². The summed E-state index contributed by atoms with van der Waals surface area (Å²) in [4.78, 5) is 0. The van der Waals surface area contributed by atoms with Gasteiger partial charge in [0.15, 0.2) is 0 Å². The SMILES string of the molecule is O=S(=O)(O)CCCCCc1ccc(OCc2ccccc2)cc1.[H-].[Na+]. The summed E-state index contributed by atoms with van der Waals surface area (Å²) in [7, 11) is -3.82.